The first-order valence-electron chi connectivity index (χ1n) is 6.63. The molecule has 106 valence electrons. The van der Waals surface area contributed by atoms with Crippen LogP contribution in [-0.2, 0) is 16.4 Å². The molecule has 5 heteroatoms. The number of rotatable bonds is 2. The number of fused-ring (bicyclic) bond motifs is 1. The van der Waals surface area contributed by atoms with Gasteiger partial charge >= 0.3 is 0 Å². The van der Waals surface area contributed by atoms with Gasteiger partial charge in [-0.25, -0.2) is 8.42 Å². The maximum absolute atomic E-state index is 12.0. The smallest absolute Gasteiger partial charge is 0.154 e. The van der Waals surface area contributed by atoms with Crippen LogP contribution >= 0.6 is 12.4 Å². The largest absolute Gasteiger partial charge is 0.297 e. The monoisotopic (exact) mass is 301 g/mol. The van der Waals surface area contributed by atoms with Crippen LogP contribution in [0.25, 0.3) is 0 Å². The van der Waals surface area contributed by atoms with Crippen molar-refractivity contribution in [3.05, 3.63) is 35.9 Å². The molecule has 2 heterocycles. The second-order valence-electron chi connectivity index (χ2n) is 5.49. The van der Waals surface area contributed by atoms with Crippen molar-refractivity contribution in [2.45, 2.75) is 24.6 Å². The van der Waals surface area contributed by atoms with E-state index < -0.39 is 9.84 Å². The van der Waals surface area contributed by atoms with Crippen LogP contribution in [0.2, 0.25) is 0 Å². The first kappa shape index (κ1) is 14.8. The summed E-state index contributed by atoms with van der Waals surface area (Å²) in [5, 5.41) is -0.102. The quantitative estimate of drug-likeness (QED) is 0.840. The first-order valence-corrected chi connectivity index (χ1v) is 8.34. The lowest BCUT2D eigenvalue weighted by Gasteiger charge is -2.23. The lowest BCUT2D eigenvalue weighted by molar-refractivity contribution is 0.313. The van der Waals surface area contributed by atoms with E-state index in [0.717, 1.165) is 32.5 Å². The van der Waals surface area contributed by atoms with E-state index in [4.69, 9.17) is 0 Å². The molecule has 0 bridgehead atoms. The van der Waals surface area contributed by atoms with E-state index in [9.17, 15) is 8.42 Å². The number of sulfone groups is 1. The zero-order chi connectivity index (χ0) is 12.6. The minimum atomic E-state index is -2.83. The Morgan fingerprint density at radius 1 is 1.16 bits per heavy atom. The Labute approximate surface area is 121 Å². The van der Waals surface area contributed by atoms with E-state index in [1.807, 2.05) is 18.2 Å². The fourth-order valence-corrected chi connectivity index (χ4v) is 5.40. The summed E-state index contributed by atoms with van der Waals surface area (Å²) in [5.41, 5.74) is 1.27. The molecular weight excluding hydrogens is 282 g/mol. The molecule has 1 aromatic rings. The molecule has 2 fully saturated rings. The summed E-state index contributed by atoms with van der Waals surface area (Å²) in [6.07, 6.45) is 1.93. The predicted octanol–water partition coefficient (Wildman–Crippen LogP) is 2.12. The molecule has 0 amide bonds. The summed E-state index contributed by atoms with van der Waals surface area (Å²) in [6, 6.07) is 10.3. The van der Waals surface area contributed by atoms with Gasteiger partial charge in [0.25, 0.3) is 0 Å². The van der Waals surface area contributed by atoms with Crippen molar-refractivity contribution in [3.8, 4) is 0 Å². The van der Waals surface area contributed by atoms with Crippen molar-refractivity contribution >= 4 is 22.2 Å². The second-order valence-corrected chi connectivity index (χ2v) is 7.83. The molecule has 2 atom stereocenters. The molecule has 0 N–H and O–H groups in total. The van der Waals surface area contributed by atoms with Gasteiger partial charge in [-0.1, -0.05) is 30.3 Å². The molecule has 2 saturated heterocycles. The molecule has 0 radical (unpaired) electrons. The first-order chi connectivity index (χ1) is 8.65. The van der Waals surface area contributed by atoms with Gasteiger partial charge in [-0.2, -0.15) is 0 Å². The van der Waals surface area contributed by atoms with Gasteiger partial charge in [-0.15, -0.1) is 12.4 Å². The van der Waals surface area contributed by atoms with Crippen LogP contribution in [0, 0.1) is 5.92 Å². The van der Waals surface area contributed by atoms with Crippen molar-refractivity contribution in [1.29, 1.82) is 0 Å². The molecule has 0 aliphatic carbocycles. The highest BCUT2D eigenvalue weighted by atomic mass is 35.5. The van der Waals surface area contributed by atoms with Crippen LogP contribution in [0.5, 0.6) is 0 Å². The van der Waals surface area contributed by atoms with Crippen LogP contribution in [0.1, 0.15) is 18.4 Å². The zero-order valence-electron chi connectivity index (χ0n) is 10.9. The van der Waals surface area contributed by atoms with E-state index in [-0.39, 0.29) is 17.7 Å². The Kier molecular flexibility index (Phi) is 4.54. The number of hydrogen-bond acceptors (Lipinski definition) is 3. The van der Waals surface area contributed by atoms with Crippen molar-refractivity contribution < 1.29 is 8.42 Å². The fraction of sp³-hybridized carbons (Fsp3) is 0.571. The summed E-state index contributed by atoms with van der Waals surface area (Å²) in [7, 11) is -2.83. The summed E-state index contributed by atoms with van der Waals surface area (Å²) < 4.78 is 24.1. The maximum Gasteiger partial charge on any atom is 0.154 e. The van der Waals surface area contributed by atoms with Gasteiger partial charge in [0.15, 0.2) is 9.84 Å². The van der Waals surface area contributed by atoms with Gasteiger partial charge in [-0.3, -0.25) is 4.90 Å². The third-order valence-electron chi connectivity index (χ3n) is 4.17. The number of hydrogen-bond donors (Lipinski definition) is 0. The van der Waals surface area contributed by atoms with E-state index in [1.165, 1.54) is 5.56 Å². The normalized spacial score (nSPS) is 29.5. The lowest BCUT2D eigenvalue weighted by atomic mass is 10.0. The number of benzene rings is 1. The van der Waals surface area contributed by atoms with Gasteiger partial charge in [0, 0.05) is 19.6 Å². The molecular formula is C14H20ClNO2S. The molecule has 3 nitrogen and oxygen atoms in total. The van der Waals surface area contributed by atoms with Crippen molar-refractivity contribution in [2.75, 3.05) is 18.8 Å². The van der Waals surface area contributed by atoms with Crippen LogP contribution in [0.4, 0.5) is 0 Å². The predicted molar refractivity (Wildman–Crippen MR) is 79.3 cm³/mol. The molecule has 2 aliphatic heterocycles. The number of halogens is 1. The van der Waals surface area contributed by atoms with Crippen molar-refractivity contribution in [1.82, 2.24) is 4.90 Å². The molecule has 0 unspecified atom stereocenters. The Balaban J connectivity index is 0.00000133. The topological polar surface area (TPSA) is 37.4 Å². The van der Waals surface area contributed by atoms with Crippen molar-refractivity contribution in [3.63, 3.8) is 0 Å². The fourth-order valence-electron chi connectivity index (χ4n) is 3.28. The van der Waals surface area contributed by atoms with Crippen LogP contribution in [0.3, 0.4) is 0 Å². The van der Waals surface area contributed by atoms with Crippen molar-refractivity contribution in [2.24, 2.45) is 5.92 Å². The Bertz CT molecular complexity index is 518. The third kappa shape index (κ3) is 3.12. The summed E-state index contributed by atoms with van der Waals surface area (Å²) >= 11 is 0. The zero-order valence-corrected chi connectivity index (χ0v) is 12.5. The van der Waals surface area contributed by atoms with E-state index in [0.29, 0.717) is 11.7 Å². The summed E-state index contributed by atoms with van der Waals surface area (Å²) in [6.45, 7) is 2.55. The van der Waals surface area contributed by atoms with Crippen LogP contribution in [0.15, 0.2) is 30.3 Å². The summed E-state index contributed by atoms with van der Waals surface area (Å²) in [5.74, 6) is 0.764. The lowest BCUT2D eigenvalue weighted by Crippen LogP contribution is -2.35. The summed E-state index contributed by atoms with van der Waals surface area (Å²) in [4.78, 5) is 2.30. The molecule has 0 aromatic heterocycles. The molecule has 19 heavy (non-hydrogen) atoms. The highest BCUT2D eigenvalue weighted by Crippen LogP contribution is 2.33. The average molecular weight is 302 g/mol. The Hall–Kier alpha value is -0.580. The molecule has 0 spiro atoms. The Morgan fingerprint density at radius 2 is 1.89 bits per heavy atom. The molecule has 3 rings (SSSR count). The molecule has 0 saturated carbocycles. The number of nitrogens with zero attached hydrogens (tertiary/aromatic N) is 1. The maximum atomic E-state index is 12.0. The molecule has 1 aromatic carbocycles. The highest BCUT2D eigenvalue weighted by molar-refractivity contribution is 7.92. The van der Waals surface area contributed by atoms with Gasteiger partial charge in [0.1, 0.15) is 0 Å². The average Bonchev–Trinajstić information content (AvgIpc) is 2.74. The van der Waals surface area contributed by atoms with Crippen LogP contribution in [-0.4, -0.2) is 37.4 Å². The highest BCUT2D eigenvalue weighted by Gasteiger charge is 2.43. The third-order valence-corrected chi connectivity index (χ3v) is 6.48. The van der Waals surface area contributed by atoms with Crippen LogP contribution < -0.4 is 0 Å². The van der Waals surface area contributed by atoms with E-state index >= 15 is 0 Å². The van der Waals surface area contributed by atoms with E-state index in [1.54, 1.807) is 0 Å². The van der Waals surface area contributed by atoms with Gasteiger partial charge in [0.05, 0.1) is 11.0 Å². The van der Waals surface area contributed by atoms with Gasteiger partial charge < -0.3 is 0 Å². The standard InChI is InChI=1S/C14H19NO2S.ClH/c16-18(17)8-4-7-13-10-15(11-14(13)18)9-12-5-2-1-3-6-12;/h1-3,5-6,13-14H,4,7-11H2;1H/t13-,14+;/m1./s1. The number of likely N-dealkylation sites (tertiary alicyclic amines) is 1. The Morgan fingerprint density at radius 3 is 2.58 bits per heavy atom. The minimum absolute atomic E-state index is 0. The second kappa shape index (κ2) is 5.81. The molecule has 2 aliphatic rings. The SMILES string of the molecule is Cl.O=S1(=O)CCC[C@@H]2CN(Cc3ccccc3)C[C@@H]21. The van der Waals surface area contributed by atoms with Gasteiger partial charge in [0.2, 0.25) is 0 Å². The van der Waals surface area contributed by atoms with Gasteiger partial charge in [-0.05, 0) is 24.3 Å². The van der Waals surface area contributed by atoms with E-state index in [2.05, 4.69) is 17.0 Å². The minimum Gasteiger partial charge on any atom is -0.297 e.